The van der Waals surface area contributed by atoms with Crippen molar-refractivity contribution in [3.63, 3.8) is 0 Å². The molecule has 0 saturated carbocycles. The molecular weight excluding hydrogens is 1760 g/mol. The average molecular weight is 1860 g/mol. The van der Waals surface area contributed by atoms with Crippen molar-refractivity contribution in [2.45, 2.75) is 0 Å². The van der Waals surface area contributed by atoms with E-state index in [2.05, 4.69) is 523 Å². The van der Waals surface area contributed by atoms with Gasteiger partial charge in [0.15, 0.2) is 0 Å². The first kappa shape index (κ1) is 88.7. The topological polar surface area (TPSA) is 84.8 Å². The normalized spacial score (nSPS) is 11.1. The Morgan fingerprint density at radius 3 is 0.729 bits per heavy atom. The third-order valence-electron chi connectivity index (χ3n) is 26.4. The molecule has 5 N–H and O–H groups in total. The summed E-state index contributed by atoms with van der Waals surface area (Å²) >= 11 is 0. The number of para-hydroxylation sites is 13. The van der Waals surface area contributed by atoms with Crippen molar-refractivity contribution in [3.05, 3.63) is 564 Å². The van der Waals surface area contributed by atoms with E-state index in [9.17, 15) is 8.78 Å². The largest absolute Gasteiger partial charge is 0.355 e. The van der Waals surface area contributed by atoms with Crippen LogP contribution in [0.25, 0.3) is 160 Å². The van der Waals surface area contributed by atoms with E-state index in [-0.39, 0.29) is 11.6 Å². The lowest BCUT2D eigenvalue weighted by Crippen LogP contribution is -1.98. The van der Waals surface area contributed by atoms with Gasteiger partial charge in [0.25, 0.3) is 0 Å². The number of benzene rings is 22. The van der Waals surface area contributed by atoms with Gasteiger partial charge < -0.3 is 49.4 Å². The summed E-state index contributed by atoms with van der Waals surface area (Å²) in [6.45, 7) is 0. The third-order valence-corrected chi connectivity index (χ3v) is 26.4. The molecular formula is C132H96F2N10. The zero-order valence-corrected chi connectivity index (χ0v) is 78.5. The van der Waals surface area contributed by atoms with Gasteiger partial charge >= 0.3 is 0 Å². The third kappa shape index (κ3) is 18.0. The predicted octanol–water partition coefficient (Wildman–Crippen LogP) is 36.2. The Bertz CT molecular complexity index is 9210. The fourth-order valence-corrected chi connectivity index (χ4v) is 20.0. The van der Waals surface area contributed by atoms with Crippen LogP contribution < -0.4 is 26.6 Å². The smallest absolute Gasteiger partial charge is 0.123 e. The molecule has 5 heterocycles. The lowest BCUT2D eigenvalue weighted by atomic mass is 10.0. The van der Waals surface area contributed by atoms with Crippen molar-refractivity contribution < 1.29 is 8.78 Å². The van der Waals surface area contributed by atoms with Gasteiger partial charge in [-0.2, -0.15) is 0 Å². The molecule has 0 atom stereocenters. The molecule has 0 aliphatic rings. The van der Waals surface area contributed by atoms with Crippen molar-refractivity contribution >= 4 is 166 Å². The molecule has 688 valence electrons. The standard InChI is InChI=1S/C30H21FN2.C30H22N2.C24H17FN2.2C24H18N2/c31-23-16-18-24(19-17-23)32-28-14-7-13-27-26-12-4-5-15-29(26)33(30(27)28)25-11-6-10-22(20-25)21-8-2-1-3-9-21;1-3-11-22(12-4-1)23-13-9-14-24(21-23)31-27-18-10-20-29-30(27)26-17-7-8-19-28(26)32(29)25-15-5-2-6-16-25;25-17-13-15-18(16-14-17)26-21-10-6-12-23-24(21)20-9-4-5-11-22(20)27(23)19-7-2-1-3-8-19;1-3-10-18(11-4-1)25-22-16-9-15-21-20-14-7-8-17-23(20)26(24(21)22)19-12-5-2-6-13-19;1-3-10-18(11-4-1)25-21-15-9-17-23-24(21)20-14-7-8-16-22(20)26(23)19-12-5-2-6-13-19/h1-20,32H;1-21,31H;1-16,26H;2*1-17,25H. The van der Waals surface area contributed by atoms with Crippen molar-refractivity contribution in [2.24, 2.45) is 0 Å². The minimum atomic E-state index is -0.245. The molecule has 0 bridgehead atoms. The quantitative estimate of drug-likeness (QED) is 0.0627. The summed E-state index contributed by atoms with van der Waals surface area (Å²) in [5, 5.41) is 30.0. The van der Waals surface area contributed by atoms with Crippen LogP contribution in [0, 0.1) is 11.6 Å². The van der Waals surface area contributed by atoms with Crippen molar-refractivity contribution in [1.29, 1.82) is 0 Å². The molecule has 27 aromatic rings. The van der Waals surface area contributed by atoms with E-state index in [0.29, 0.717) is 0 Å². The number of fused-ring (bicyclic) bond motifs is 15. The van der Waals surface area contributed by atoms with E-state index in [1.54, 1.807) is 24.3 Å². The maximum atomic E-state index is 13.4. The zero-order valence-electron chi connectivity index (χ0n) is 78.5. The first-order valence-corrected chi connectivity index (χ1v) is 48.4. The second-order valence-corrected chi connectivity index (χ2v) is 35.3. The molecule has 12 heteroatoms. The second-order valence-electron chi connectivity index (χ2n) is 35.3. The maximum Gasteiger partial charge on any atom is 0.123 e. The number of hydrogen-bond acceptors (Lipinski definition) is 5. The summed E-state index contributed by atoms with van der Waals surface area (Å²) in [6.07, 6.45) is 0. The zero-order chi connectivity index (χ0) is 96.4. The highest BCUT2D eigenvalue weighted by Crippen LogP contribution is 2.45. The predicted molar refractivity (Wildman–Crippen MR) is 603 cm³/mol. The number of nitrogens with zero attached hydrogens (tertiary/aromatic N) is 5. The molecule has 10 nitrogen and oxygen atoms in total. The van der Waals surface area contributed by atoms with Crippen LogP contribution in [0.4, 0.5) is 65.7 Å². The maximum absolute atomic E-state index is 13.4. The summed E-state index contributed by atoms with van der Waals surface area (Å²) in [5.74, 6) is -0.481. The van der Waals surface area contributed by atoms with E-state index < -0.39 is 0 Å². The van der Waals surface area contributed by atoms with Gasteiger partial charge in [0, 0.05) is 128 Å². The molecule has 22 aromatic carbocycles. The average Bonchev–Trinajstić information content (AvgIpc) is 1.60. The molecule has 0 aliphatic carbocycles. The van der Waals surface area contributed by atoms with Crippen molar-refractivity contribution in [2.75, 3.05) is 26.6 Å². The van der Waals surface area contributed by atoms with Gasteiger partial charge in [0.05, 0.1) is 66.5 Å². The van der Waals surface area contributed by atoms with Gasteiger partial charge in [-0.05, 0) is 247 Å². The number of aromatic nitrogens is 5. The van der Waals surface area contributed by atoms with Crippen LogP contribution in [0.5, 0.6) is 0 Å². The van der Waals surface area contributed by atoms with Gasteiger partial charge in [-0.3, -0.25) is 0 Å². The van der Waals surface area contributed by atoms with Gasteiger partial charge in [-0.1, -0.05) is 328 Å². The van der Waals surface area contributed by atoms with Gasteiger partial charge in [-0.25, -0.2) is 8.78 Å². The highest BCUT2D eigenvalue weighted by Gasteiger charge is 2.23. The van der Waals surface area contributed by atoms with Crippen LogP contribution in [0.1, 0.15) is 0 Å². The van der Waals surface area contributed by atoms with E-state index in [1.807, 2.05) is 30.3 Å². The van der Waals surface area contributed by atoms with E-state index in [4.69, 9.17) is 0 Å². The fraction of sp³-hybridized carbons (Fsp3) is 0. The number of anilines is 10. The van der Waals surface area contributed by atoms with Crippen LogP contribution >= 0.6 is 0 Å². The van der Waals surface area contributed by atoms with E-state index in [1.165, 1.54) is 145 Å². The molecule has 0 fully saturated rings. The summed E-state index contributed by atoms with van der Waals surface area (Å²) in [6, 6.07) is 188. The molecule has 0 saturated heterocycles. The minimum absolute atomic E-state index is 0.237. The highest BCUT2D eigenvalue weighted by molar-refractivity contribution is 6.20. The van der Waals surface area contributed by atoms with Crippen LogP contribution in [0.2, 0.25) is 0 Å². The highest BCUT2D eigenvalue weighted by atomic mass is 19.1. The van der Waals surface area contributed by atoms with E-state index in [0.717, 1.165) is 95.7 Å². The Balaban J connectivity index is 0.000000100. The molecule has 0 spiro atoms. The monoisotopic (exact) mass is 1860 g/mol. The Kier molecular flexibility index (Phi) is 24.9. The number of hydrogen-bond donors (Lipinski definition) is 5. The summed E-state index contributed by atoms with van der Waals surface area (Å²) in [7, 11) is 0. The van der Waals surface area contributed by atoms with E-state index >= 15 is 0 Å². The Morgan fingerprint density at radius 2 is 0.361 bits per heavy atom. The lowest BCUT2D eigenvalue weighted by molar-refractivity contribution is 0.627. The van der Waals surface area contributed by atoms with Gasteiger partial charge in [0.1, 0.15) is 11.6 Å². The lowest BCUT2D eigenvalue weighted by Gasteiger charge is -2.14. The second kappa shape index (κ2) is 40.4. The van der Waals surface area contributed by atoms with Crippen molar-refractivity contribution in [3.8, 4) is 50.7 Å². The van der Waals surface area contributed by atoms with Crippen LogP contribution in [-0.2, 0) is 0 Å². The summed E-state index contributed by atoms with van der Waals surface area (Å²) in [4.78, 5) is 0. The molecule has 144 heavy (non-hydrogen) atoms. The fourth-order valence-electron chi connectivity index (χ4n) is 20.0. The van der Waals surface area contributed by atoms with Gasteiger partial charge in [0.2, 0.25) is 0 Å². The summed E-state index contributed by atoms with van der Waals surface area (Å²) < 4.78 is 38.3. The SMILES string of the molecule is Fc1ccc(Nc2cccc3c2c2ccccc2n3-c2ccccc2)cc1.Fc1ccc(Nc2cccc3c4ccccc4n(-c4cccc(-c5ccccc5)c4)c23)cc1.c1ccc(-c2cccc(Nc3cccc4c3c3ccccc3n4-c3ccccc3)c2)cc1.c1ccc(Nc2cccc3c2c2ccccc2n3-c2ccccc2)cc1.c1ccc(Nc2cccc3c4ccccc4n(-c4ccccc4)c23)cc1. The van der Waals surface area contributed by atoms with Crippen LogP contribution in [-0.4, -0.2) is 22.8 Å². The minimum Gasteiger partial charge on any atom is -0.355 e. The number of halogens is 2. The number of nitrogens with one attached hydrogen (secondary N) is 5. The van der Waals surface area contributed by atoms with Gasteiger partial charge in [-0.15, -0.1) is 0 Å². The Labute approximate surface area is 832 Å². The molecule has 27 rings (SSSR count). The number of rotatable bonds is 17. The molecule has 5 aromatic heterocycles. The van der Waals surface area contributed by atoms with Crippen LogP contribution in [0.15, 0.2) is 552 Å². The van der Waals surface area contributed by atoms with Crippen molar-refractivity contribution in [1.82, 2.24) is 22.8 Å². The molecule has 0 radical (unpaired) electrons. The first-order chi connectivity index (χ1) is 71.3. The Hall–Kier alpha value is -19.3. The molecule has 0 aliphatic heterocycles. The Morgan fingerprint density at radius 1 is 0.139 bits per heavy atom. The molecule has 0 amide bonds. The summed E-state index contributed by atoms with van der Waals surface area (Å²) in [5.41, 5.74) is 32.6. The van der Waals surface area contributed by atoms with Crippen LogP contribution in [0.3, 0.4) is 0 Å². The first-order valence-electron chi connectivity index (χ1n) is 48.4. The molecule has 0 unspecified atom stereocenters.